The highest BCUT2D eigenvalue weighted by atomic mass is 35.5. The van der Waals surface area contributed by atoms with E-state index in [1.54, 1.807) is 0 Å². The van der Waals surface area contributed by atoms with Gasteiger partial charge < -0.3 is 10.2 Å². The van der Waals surface area contributed by atoms with E-state index < -0.39 is 5.82 Å². The Kier molecular flexibility index (Phi) is 2.79. The fraction of sp³-hybridized carbons (Fsp3) is 0.462. The lowest BCUT2D eigenvalue weighted by Crippen LogP contribution is -2.55. The van der Waals surface area contributed by atoms with E-state index in [0.717, 1.165) is 25.9 Å². The molecule has 1 aliphatic carbocycles. The summed E-state index contributed by atoms with van der Waals surface area (Å²) in [5.41, 5.74) is 0.374. The summed E-state index contributed by atoms with van der Waals surface area (Å²) in [5.74, 6) is -0.503. The second-order valence-electron chi connectivity index (χ2n) is 4.98. The molecule has 1 saturated heterocycles. The van der Waals surface area contributed by atoms with Crippen molar-refractivity contribution in [2.45, 2.75) is 18.4 Å². The van der Waals surface area contributed by atoms with E-state index in [0.29, 0.717) is 12.1 Å². The van der Waals surface area contributed by atoms with E-state index in [9.17, 15) is 9.18 Å². The molecule has 2 fully saturated rings. The highest BCUT2D eigenvalue weighted by Crippen LogP contribution is 2.43. The first kappa shape index (κ1) is 11.9. The van der Waals surface area contributed by atoms with E-state index in [2.05, 4.69) is 5.32 Å². The van der Waals surface area contributed by atoms with E-state index in [4.69, 9.17) is 11.6 Å². The smallest absolute Gasteiger partial charge is 0.255 e. The predicted molar refractivity (Wildman–Crippen MR) is 67.3 cm³/mol. The minimum Gasteiger partial charge on any atom is -0.330 e. The zero-order valence-corrected chi connectivity index (χ0v) is 10.6. The second-order valence-corrected chi connectivity index (χ2v) is 5.39. The van der Waals surface area contributed by atoms with Gasteiger partial charge in [-0.3, -0.25) is 4.79 Å². The summed E-state index contributed by atoms with van der Waals surface area (Å²) in [6.45, 7) is 2.33. The Morgan fingerprint density at radius 1 is 1.44 bits per heavy atom. The van der Waals surface area contributed by atoms with Gasteiger partial charge in [-0.2, -0.15) is 0 Å². The first-order valence-electron chi connectivity index (χ1n) is 6.10. The first-order valence-corrected chi connectivity index (χ1v) is 6.48. The molecule has 96 valence electrons. The first-order chi connectivity index (χ1) is 8.62. The monoisotopic (exact) mass is 268 g/mol. The van der Waals surface area contributed by atoms with Gasteiger partial charge in [-0.15, -0.1) is 0 Å². The van der Waals surface area contributed by atoms with E-state index in [1.807, 2.05) is 4.90 Å². The van der Waals surface area contributed by atoms with Crippen molar-refractivity contribution in [1.82, 2.24) is 10.2 Å². The van der Waals surface area contributed by atoms with Crippen LogP contribution in [0.2, 0.25) is 5.02 Å². The molecule has 1 saturated carbocycles. The molecule has 1 heterocycles. The van der Waals surface area contributed by atoms with Gasteiger partial charge in [-0.05, 0) is 31.0 Å². The van der Waals surface area contributed by atoms with Gasteiger partial charge in [0.05, 0.1) is 16.1 Å². The molecule has 1 aromatic rings. The average Bonchev–Trinajstić information content (AvgIpc) is 3.09. The summed E-state index contributed by atoms with van der Waals surface area (Å²) in [6.07, 6.45) is 2.06. The summed E-state index contributed by atoms with van der Waals surface area (Å²) in [7, 11) is 0. The lowest BCUT2D eigenvalue weighted by atomic mass is 10.1. The molecule has 0 radical (unpaired) electrons. The third-order valence-electron chi connectivity index (χ3n) is 3.77. The number of carbonyl (C=O) groups is 1. The van der Waals surface area contributed by atoms with Crippen molar-refractivity contribution < 1.29 is 9.18 Å². The van der Waals surface area contributed by atoms with Gasteiger partial charge in [0.25, 0.3) is 5.91 Å². The third kappa shape index (κ3) is 1.89. The van der Waals surface area contributed by atoms with Gasteiger partial charge in [0, 0.05) is 19.6 Å². The van der Waals surface area contributed by atoms with Crippen LogP contribution < -0.4 is 5.32 Å². The normalized spacial score (nSPS) is 21.1. The molecule has 1 aliphatic heterocycles. The Balaban J connectivity index is 1.89. The molecule has 0 bridgehead atoms. The minimum absolute atomic E-state index is 0.0208. The lowest BCUT2D eigenvalue weighted by molar-refractivity contribution is 0.0600. The number of nitrogens with zero attached hydrogens (tertiary/aromatic N) is 1. The SMILES string of the molecule is O=C(c1ccc(F)cc1Cl)N1CCNCC12CC2. The molecule has 1 N–H and O–H groups in total. The highest BCUT2D eigenvalue weighted by Gasteiger charge is 2.51. The van der Waals surface area contributed by atoms with Crippen LogP contribution >= 0.6 is 11.6 Å². The maximum Gasteiger partial charge on any atom is 0.255 e. The molecule has 1 amide bonds. The van der Waals surface area contributed by atoms with Gasteiger partial charge in [0.1, 0.15) is 5.82 Å². The number of carbonyl (C=O) groups excluding carboxylic acids is 1. The Hall–Kier alpha value is -1.13. The molecule has 1 aromatic carbocycles. The quantitative estimate of drug-likeness (QED) is 0.846. The van der Waals surface area contributed by atoms with Crippen LogP contribution in [-0.2, 0) is 0 Å². The molecular formula is C13H14ClFN2O. The molecule has 3 rings (SSSR count). The Morgan fingerprint density at radius 3 is 2.89 bits per heavy atom. The van der Waals surface area contributed by atoms with Crippen LogP contribution in [-0.4, -0.2) is 36.0 Å². The minimum atomic E-state index is -0.419. The zero-order chi connectivity index (χ0) is 12.8. The van der Waals surface area contributed by atoms with E-state index in [1.165, 1.54) is 18.2 Å². The zero-order valence-electron chi connectivity index (χ0n) is 9.88. The molecule has 5 heteroatoms. The third-order valence-corrected chi connectivity index (χ3v) is 4.09. The number of rotatable bonds is 1. The lowest BCUT2D eigenvalue weighted by Gasteiger charge is -2.37. The van der Waals surface area contributed by atoms with Crippen LogP contribution in [0, 0.1) is 5.82 Å². The van der Waals surface area contributed by atoms with Crippen molar-refractivity contribution in [3.8, 4) is 0 Å². The van der Waals surface area contributed by atoms with Crippen LogP contribution in [0.25, 0.3) is 0 Å². The van der Waals surface area contributed by atoms with E-state index in [-0.39, 0.29) is 16.5 Å². The number of benzene rings is 1. The molecule has 0 unspecified atom stereocenters. The summed E-state index contributed by atoms with van der Waals surface area (Å²) in [6, 6.07) is 3.94. The largest absolute Gasteiger partial charge is 0.330 e. The van der Waals surface area contributed by atoms with Gasteiger partial charge in [-0.1, -0.05) is 11.6 Å². The topological polar surface area (TPSA) is 32.3 Å². The van der Waals surface area contributed by atoms with Crippen LogP contribution in [0.15, 0.2) is 18.2 Å². The average molecular weight is 269 g/mol. The Morgan fingerprint density at radius 2 is 2.22 bits per heavy atom. The van der Waals surface area contributed by atoms with Crippen LogP contribution in [0.5, 0.6) is 0 Å². The summed E-state index contributed by atoms with van der Waals surface area (Å²) < 4.78 is 13.0. The summed E-state index contributed by atoms with van der Waals surface area (Å²) in [5, 5.41) is 3.50. The number of halogens is 2. The molecule has 0 atom stereocenters. The maximum atomic E-state index is 13.0. The van der Waals surface area contributed by atoms with Crippen LogP contribution in [0.1, 0.15) is 23.2 Å². The number of hydrogen-bond acceptors (Lipinski definition) is 2. The standard InChI is InChI=1S/C13H14ClFN2O/c14-11-7-9(15)1-2-10(11)12(18)17-6-5-16-8-13(17)3-4-13/h1-2,7,16H,3-6,8H2. The fourth-order valence-electron chi connectivity index (χ4n) is 2.56. The molecule has 18 heavy (non-hydrogen) atoms. The van der Waals surface area contributed by atoms with Crippen molar-refractivity contribution >= 4 is 17.5 Å². The Bertz CT molecular complexity index is 502. The van der Waals surface area contributed by atoms with Crippen LogP contribution in [0.3, 0.4) is 0 Å². The van der Waals surface area contributed by atoms with Gasteiger partial charge in [0.15, 0.2) is 0 Å². The van der Waals surface area contributed by atoms with Crippen molar-refractivity contribution in [2.24, 2.45) is 0 Å². The summed E-state index contributed by atoms with van der Waals surface area (Å²) >= 11 is 5.95. The van der Waals surface area contributed by atoms with Gasteiger partial charge in [-0.25, -0.2) is 4.39 Å². The number of hydrogen-bond donors (Lipinski definition) is 1. The number of amides is 1. The van der Waals surface area contributed by atoms with Gasteiger partial charge in [0.2, 0.25) is 0 Å². The molecule has 1 spiro atoms. The van der Waals surface area contributed by atoms with Crippen molar-refractivity contribution in [2.75, 3.05) is 19.6 Å². The molecule has 3 nitrogen and oxygen atoms in total. The maximum absolute atomic E-state index is 13.0. The Labute approximate surface area is 110 Å². The fourth-order valence-corrected chi connectivity index (χ4v) is 2.81. The highest BCUT2D eigenvalue weighted by molar-refractivity contribution is 6.33. The van der Waals surface area contributed by atoms with Gasteiger partial charge >= 0.3 is 0 Å². The molecule has 2 aliphatic rings. The summed E-state index contributed by atoms with van der Waals surface area (Å²) in [4.78, 5) is 14.4. The van der Waals surface area contributed by atoms with Crippen LogP contribution in [0.4, 0.5) is 4.39 Å². The van der Waals surface area contributed by atoms with Crippen molar-refractivity contribution in [3.05, 3.63) is 34.6 Å². The van der Waals surface area contributed by atoms with Crippen molar-refractivity contribution in [3.63, 3.8) is 0 Å². The number of piperazine rings is 1. The second kappa shape index (κ2) is 4.21. The molecular weight excluding hydrogens is 255 g/mol. The number of nitrogens with one attached hydrogen (secondary N) is 1. The molecule has 0 aromatic heterocycles. The van der Waals surface area contributed by atoms with E-state index >= 15 is 0 Å². The predicted octanol–water partition coefficient (Wildman–Crippen LogP) is 2.06. The van der Waals surface area contributed by atoms with Crippen molar-refractivity contribution in [1.29, 1.82) is 0 Å².